The number of carbonyl (C=O) groups excluding carboxylic acids is 1. The number of esters is 1. The van der Waals surface area contributed by atoms with E-state index in [1.165, 1.54) is 0 Å². The van der Waals surface area contributed by atoms with Gasteiger partial charge in [-0.15, -0.1) is 11.6 Å². The Morgan fingerprint density at radius 2 is 2.00 bits per heavy atom. The van der Waals surface area contributed by atoms with Gasteiger partial charge in [-0.05, 0) is 43.9 Å². The van der Waals surface area contributed by atoms with Gasteiger partial charge in [0.25, 0.3) is 0 Å². The molecule has 0 bridgehead atoms. The molecule has 1 atom stereocenters. The number of hydrogen-bond acceptors (Lipinski definition) is 2. The first-order valence-electron chi connectivity index (χ1n) is 5.77. The molecule has 15 heavy (non-hydrogen) atoms. The van der Waals surface area contributed by atoms with E-state index >= 15 is 0 Å². The molecule has 1 unspecified atom stereocenters. The lowest BCUT2D eigenvalue weighted by atomic mass is 9.72. The van der Waals surface area contributed by atoms with Gasteiger partial charge in [-0.25, -0.2) is 0 Å². The Bertz CT molecular complexity index is 216. The maximum atomic E-state index is 11.4. The molecule has 0 N–H and O–H groups in total. The first kappa shape index (κ1) is 12.8. The van der Waals surface area contributed by atoms with Crippen molar-refractivity contribution >= 4 is 17.6 Å². The van der Waals surface area contributed by atoms with Crippen LogP contribution in [-0.2, 0) is 9.53 Å². The summed E-state index contributed by atoms with van der Waals surface area (Å²) in [7, 11) is 0. The summed E-state index contributed by atoms with van der Waals surface area (Å²) in [6.07, 6.45) is 4.39. The van der Waals surface area contributed by atoms with Crippen molar-refractivity contribution in [2.75, 3.05) is 6.61 Å². The second-order valence-electron chi connectivity index (χ2n) is 5.16. The van der Waals surface area contributed by atoms with E-state index in [9.17, 15) is 4.79 Å². The molecule has 88 valence electrons. The van der Waals surface area contributed by atoms with Crippen LogP contribution in [0.3, 0.4) is 0 Å². The maximum Gasteiger partial charge on any atom is 0.324 e. The normalized spacial score (nSPS) is 23.5. The minimum atomic E-state index is -0.443. The second kappa shape index (κ2) is 5.20. The molecule has 1 aliphatic carbocycles. The fraction of sp³-hybridized carbons (Fsp3) is 0.917. The molecule has 0 saturated heterocycles. The number of alkyl halides is 1. The van der Waals surface area contributed by atoms with E-state index in [1.807, 2.05) is 6.92 Å². The average molecular weight is 233 g/mol. The minimum absolute atomic E-state index is 0.246. The quantitative estimate of drug-likeness (QED) is 0.551. The molecule has 1 aliphatic rings. The van der Waals surface area contributed by atoms with Crippen molar-refractivity contribution in [1.29, 1.82) is 0 Å². The van der Waals surface area contributed by atoms with E-state index in [4.69, 9.17) is 16.3 Å². The molecule has 0 aromatic heterocycles. The predicted molar refractivity (Wildman–Crippen MR) is 62.0 cm³/mol. The van der Waals surface area contributed by atoms with Gasteiger partial charge in [0.1, 0.15) is 5.38 Å². The topological polar surface area (TPSA) is 26.3 Å². The SMILES string of the molecule is CCOC(=O)C(Cl)C1CCC(C)(C)CC1. The maximum absolute atomic E-state index is 11.4. The number of hydrogen-bond donors (Lipinski definition) is 0. The molecule has 0 radical (unpaired) electrons. The van der Waals surface area contributed by atoms with Gasteiger partial charge in [0.05, 0.1) is 6.61 Å². The molecular weight excluding hydrogens is 212 g/mol. The Kier molecular flexibility index (Phi) is 4.45. The Morgan fingerprint density at radius 1 is 1.47 bits per heavy atom. The number of carbonyl (C=O) groups is 1. The zero-order chi connectivity index (χ0) is 11.5. The van der Waals surface area contributed by atoms with Gasteiger partial charge < -0.3 is 4.74 Å². The van der Waals surface area contributed by atoms with Gasteiger partial charge in [-0.2, -0.15) is 0 Å². The fourth-order valence-corrected chi connectivity index (χ4v) is 2.44. The largest absolute Gasteiger partial charge is 0.465 e. The Morgan fingerprint density at radius 3 is 2.47 bits per heavy atom. The van der Waals surface area contributed by atoms with Crippen LogP contribution in [0.4, 0.5) is 0 Å². The van der Waals surface area contributed by atoms with Crippen molar-refractivity contribution in [3.8, 4) is 0 Å². The van der Waals surface area contributed by atoms with E-state index < -0.39 is 5.38 Å². The van der Waals surface area contributed by atoms with Crippen LogP contribution in [0.15, 0.2) is 0 Å². The van der Waals surface area contributed by atoms with E-state index in [-0.39, 0.29) is 5.97 Å². The van der Waals surface area contributed by atoms with Gasteiger partial charge in [0.15, 0.2) is 0 Å². The molecule has 1 rings (SSSR count). The lowest BCUT2D eigenvalue weighted by molar-refractivity contribution is -0.144. The molecule has 2 nitrogen and oxygen atoms in total. The number of ether oxygens (including phenoxy) is 1. The third-order valence-corrected chi connectivity index (χ3v) is 3.84. The first-order chi connectivity index (χ1) is 6.96. The minimum Gasteiger partial charge on any atom is -0.465 e. The summed E-state index contributed by atoms with van der Waals surface area (Å²) < 4.78 is 4.94. The lowest BCUT2D eigenvalue weighted by Crippen LogP contribution is -2.32. The summed E-state index contributed by atoms with van der Waals surface area (Å²) in [4.78, 5) is 11.4. The fourth-order valence-electron chi connectivity index (χ4n) is 2.13. The van der Waals surface area contributed by atoms with Crippen molar-refractivity contribution in [2.24, 2.45) is 11.3 Å². The van der Waals surface area contributed by atoms with Crippen LogP contribution < -0.4 is 0 Å². The van der Waals surface area contributed by atoms with E-state index in [1.54, 1.807) is 0 Å². The van der Waals surface area contributed by atoms with Crippen LogP contribution in [-0.4, -0.2) is 18.0 Å². The van der Waals surface area contributed by atoms with Crippen molar-refractivity contribution in [1.82, 2.24) is 0 Å². The molecule has 0 aliphatic heterocycles. The van der Waals surface area contributed by atoms with Crippen LogP contribution >= 0.6 is 11.6 Å². The Balaban J connectivity index is 2.42. The summed E-state index contributed by atoms with van der Waals surface area (Å²) >= 11 is 6.11. The predicted octanol–water partition coefficient (Wildman–Crippen LogP) is 3.37. The van der Waals surface area contributed by atoms with Crippen LogP contribution in [0, 0.1) is 11.3 Å². The zero-order valence-corrected chi connectivity index (χ0v) is 10.6. The zero-order valence-electron chi connectivity index (χ0n) is 9.88. The molecule has 0 aromatic rings. The van der Waals surface area contributed by atoms with Crippen molar-refractivity contribution < 1.29 is 9.53 Å². The molecule has 0 amide bonds. The van der Waals surface area contributed by atoms with Crippen LogP contribution in [0.25, 0.3) is 0 Å². The molecule has 1 fully saturated rings. The molecule has 0 aromatic carbocycles. The molecular formula is C12H21ClO2. The van der Waals surface area contributed by atoms with Crippen molar-refractivity contribution in [2.45, 2.75) is 51.8 Å². The van der Waals surface area contributed by atoms with Crippen molar-refractivity contribution in [3.63, 3.8) is 0 Å². The highest BCUT2D eigenvalue weighted by Gasteiger charge is 2.34. The monoisotopic (exact) mass is 232 g/mol. The standard InChI is InChI=1S/C12H21ClO2/c1-4-15-11(14)10(13)9-5-7-12(2,3)8-6-9/h9-10H,4-8H2,1-3H3. The summed E-state index contributed by atoms with van der Waals surface area (Å²) in [5, 5.41) is -0.443. The van der Waals surface area contributed by atoms with Crippen molar-refractivity contribution in [3.05, 3.63) is 0 Å². The van der Waals surface area contributed by atoms with Gasteiger partial charge in [-0.1, -0.05) is 13.8 Å². The highest BCUT2D eigenvalue weighted by molar-refractivity contribution is 6.30. The summed E-state index contributed by atoms with van der Waals surface area (Å²) in [6.45, 7) is 6.78. The number of rotatable bonds is 3. The van der Waals surface area contributed by atoms with Gasteiger partial charge in [0, 0.05) is 0 Å². The lowest BCUT2D eigenvalue weighted by Gasteiger charge is -2.35. The average Bonchev–Trinajstić information content (AvgIpc) is 2.17. The first-order valence-corrected chi connectivity index (χ1v) is 6.20. The highest BCUT2D eigenvalue weighted by atomic mass is 35.5. The van der Waals surface area contributed by atoms with Crippen LogP contribution in [0.2, 0.25) is 0 Å². The Labute approximate surface area is 97.3 Å². The van der Waals surface area contributed by atoms with E-state index in [0.717, 1.165) is 25.7 Å². The van der Waals surface area contributed by atoms with Gasteiger partial charge >= 0.3 is 5.97 Å². The molecule has 0 heterocycles. The molecule has 3 heteroatoms. The summed E-state index contributed by atoms with van der Waals surface area (Å²) in [5.41, 5.74) is 0.418. The van der Waals surface area contributed by atoms with Gasteiger partial charge in [0.2, 0.25) is 0 Å². The van der Waals surface area contributed by atoms with E-state index in [2.05, 4.69) is 13.8 Å². The van der Waals surface area contributed by atoms with Gasteiger partial charge in [-0.3, -0.25) is 4.79 Å². The Hall–Kier alpha value is -0.240. The van der Waals surface area contributed by atoms with Crippen LogP contribution in [0.5, 0.6) is 0 Å². The van der Waals surface area contributed by atoms with E-state index in [0.29, 0.717) is 17.9 Å². The summed E-state index contributed by atoms with van der Waals surface area (Å²) in [6, 6.07) is 0. The smallest absolute Gasteiger partial charge is 0.324 e. The third-order valence-electron chi connectivity index (χ3n) is 3.31. The highest BCUT2D eigenvalue weighted by Crippen LogP contribution is 2.40. The molecule has 1 saturated carbocycles. The van der Waals surface area contributed by atoms with Crippen LogP contribution in [0.1, 0.15) is 46.5 Å². The third kappa shape index (κ3) is 3.67. The number of halogens is 1. The molecule has 0 spiro atoms. The second-order valence-corrected chi connectivity index (χ2v) is 5.63. The summed E-state index contributed by atoms with van der Waals surface area (Å²) in [5.74, 6) is 0.0580.